The van der Waals surface area contributed by atoms with E-state index in [4.69, 9.17) is 4.74 Å². The number of aromatic nitrogens is 1. The van der Waals surface area contributed by atoms with Gasteiger partial charge in [0, 0.05) is 28.1 Å². The zero-order valence-corrected chi connectivity index (χ0v) is 14.3. The second-order valence-corrected chi connectivity index (χ2v) is 6.33. The van der Waals surface area contributed by atoms with E-state index >= 15 is 0 Å². The Balaban J connectivity index is 1.53. The number of aryl methyl sites for hydroxylation is 2. The van der Waals surface area contributed by atoms with E-state index in [9.17, 15) is 0 Å². The maximum atomic E-state index is 5.81. The summed E-state index contributed by atoms with van der Waals surface area (Å²) >= 11 is 3.51. The zero-order chi connectivity index (χ0) is 15.4. The molecule has 3 heteroatoms. The Morgan fingerprint density at radius 2 is 1.86 bits per heavy atom. The summed E-state index contributed by atoms with van der Waals surface area (Å²) in [6, 6.07) is 16.9. The van der Waals surface area contributed by atoms with Gasteiger partial charge in [-0.05, 0) is 54.8 Å². The monoisotopic (exact) mass is 357 g/mol. The standard InChI is InChI=1S/C19H20BrNO/c1-2-15-4-7-18(8-5-15)22-13-3-11-21-12-10-16-14-17(20)6-9-19(16)21/h4-10,12,14H,2-3,11,13H2,1H3. The Labute approximate surface area is 139 Å². The lowest BCUT2D eigenvalue weighted by molar-refractivity contribution is 0.302. The van der Waals surface area contributed by atoms with Crippen LogP contribution in [0.25, 0.3) is 10.9 Å². The summed E-state index contributed by atoms with van der Waals surface area (Å²) in [6.45, 7) is 3.87. The van der Waals surface area contributed by atoms with Crippen LogP contribution in [0.1, 0.15) is 18.9 Å². The topological polar surface area (TPSA) is 14.2 Å². The largest absolute Gasteiger partial charge is 0.494 e. The molecule has 0 aliphatic carbocycles. The smallest absolute Gasteiger partial charge is 0.119 e. The molecule has 114 valence electrons. The number of ether oxygens (including phenoxy) is 1. The van der Waals surface area contributed by atoms with Gasteiger partial charge in [0.05, 0.1) is 6.61 Å². The molecule has 0 aliphatic rings. The summed E-state index contributed by atoms with van der Waals surface area (Å²) in [5.41, 5.74) is 2.62. The van der Waals surface area contributed by atoms with Crippen molar-refractivity contribution in [1.29, 1.82) is 0 Å². The Morgan fingerprint density at radius 1 is 1.05 bits per heavy atom. The third-order valence-electron chi connectivity index (χ3n) is 3.88. The van der Waals surface area contributed by atoms with Gasteiger partial charge in [-0.1, -0.05) is 35.0 Å². The number of benzene rings is 2. The van der Waals surface area contributed by atoms with Crippen molar-refractivity contribution in [2.24, 2.45) is 0 Å². The number of rotatable bonds is 6. The van der Waals surface area contributed by atoms with Gasteiger partial charge in [-0.3, -0.25) is 0 Å². The molecule has 1 aromatic heterocycles. The molecule has 1 heterocycles. The summed E-state index contributed by atoms with van der Waals surface area (Å²) < 4.78 is 9.22. The van der Waals surface area contributed by atoms with Gasteiger partial charge in [-0.2, -0.15) is 0 Å². The van der Waals surface area contributed by atoms with Gasteiger partial charge in [0.25, 0.3) is 0 Å². The van der Waals surface area contributed by atoms with Crippen LogP contribution in [0.3, 0.4) is 0 Å². The first-order chi connectivity index (χ1) is 10.8. The first kappa shape index (κ1) is 15.2. The normalized spacial score (nSPS) is 11.0. The molecular weight excluding hydrogens is 338 g/mol. The summed E-state index contributed by atoms with van der Waals surface area (Å²) in [5, 5.41) is 1.27. The molecule has 0 aliphatic heterocycles. The first-order valence-corrected chi connectivity index (χ1v) is 8.51. The second-order valence-electron chi connectivity index (χ2n) is 5.41. The van der Waals surface area contributed by atoms with E-state index in [0.717, 1.165) is 36.2 Å². The van der Waals surface area contributed by atoms with Crippen molar-refractivity contribution in [3.63, 3.8) is 0 Å². The highest BCUT2D eigenvalue weighted by molar-refractivity contribution is 9.10. The molecule has 3 aromatic rings. The van der Waals surface area contributed by atoms with Crippen molar-refractivity contribution in [3.8, 4) is 5.75 Å². The Hall–Kier alpha value is -1.74. The third-order valence-corrected chi connectivity index (χ3v) is 4.37. The maximum absolute atomic E-state index is 5.81. The van der Waals surface area contributed by atoms with E-state index in [1.807, 2.05) is 0 Å². The van der Waals surface area contributed by atoms with E-state index in [0.29, 0.717) is 0 Å². The second kappa shape index (κ2) is 7.01. The lowest BCUT2D eigenvalue weighted by Crippen LogP contribution is -2.03. The van der Waals surface area contributed by atoms with Gasteiger partial charge in [-0.25, -0.2) is 0 Å². The molecule has 2 nitrogen and oxygen atoms in total. The van der Waals surface area contributed by atoms with Gasteiger partial charge in [0.1, 0.15) is 5.75 Å². The molecule has 0 spiro atoms. The molecule has 0 saturated carbocycles. The van der Waals surface area contributed by atoms with Crippen LogP contribution in [-0.2, 0) is 13.0 Å². The number of hydrogen-bond acceptors (Lipinski definition) is 1. The van der Waals surface area contributed by atoms with Crippen LogP contribution in [0.2, 0.25) is 0 Å². The minimum atomic E-state index is 0.738. The van der Waals surface area contributed by atoms with Gasteiger partial charge < -0.3 is 9.30 Å². The van der Waals surface area contributed by atoms with Gasteiger partial charge in [0.15, 0.2) is 0 Å². The van der Waals surface area contributed by atoms with Crippen LogP contribution >= 0.6 is 15.9 Å². The molecule has 0 atom stereocenters. The average molecular weight is 358 g/mol. The highest BCUT2D eigenvalue weighted by Crippen LogP contribution is 2.21. The van der Waals surface area contributed by atoms with Crippen LogP contribution in [0.15, 0.2) is 59.2 Å². The van der Waals surface area contributed by atoms with E-state index in [-0.39, 0.29) is 0 Å². The Kier molecular flexibility index (Phi) is 4.84. The van der Waals surface area contributed by atoms with Gasteiger partial charge >= 0.3 is 0 Å². The van der Waals surface area contributed by atoms with Crippen molar-refractivity contribution >= 4 is 26.8 Å². The highest BCUT2D eigenvalue weighted by Gasteiger charge is 2.01. The van der Waals surface area contributed by atoms with Crippen LogP contribution in [0, 0.1) is 0 Å². The van der Waals surface area contributed by atoms with Crippen molar-refractivity contribution in [3.05, 3.63) is 64.8 Å². The van der Waals surface area contributed by atoms with E-state index in [2.05, 4.69) is 82.1 Å². The predicted octanol–water partition coefficient (Wildman–Crippen LogP) is 5.44. The number of hydrogen-bond donors (Lipinski definition) is 0. The van der Waals surface area contributed by atoms with Crippen LogP contribution in [0.5, 0.6) is 5.75 Å². The fourth-order valence-electron chi connectivity index (χ4n) is 2.61. The average Bonchev–Trinajstić information content (AvgIpc) is 2.94. The minimum absolute atomic E-state index is 0.738. The molecule has 0 bridgehead atoms. The molecule has 22 heavy (non-hydrogen) atoms. The third kappa shape index (κ3) is 3.53. The van der Waals surface area contributed by atoms with Crippen LogP contribution in [0.4, 0.5) is 0 Å². The summed E-state index contributed by atoms with van der Waals surface area (Å²) in [4.78, 5) is 0. The minimum Gasteiger partial charge on any atom is -0.494 e. The van der Waals surface area contributed by atoms with Crippen LogP contribution < -0.4 is 4.74 Å². The Morgan fingerprint density at radius 3 is 2.64 bits per heavy atom. The molecule has 0 radical (unpaired) electrons. The summed E-state index contributed by atoms with van der Waals surface area (Å²) in [6.07, 6.45) is 4.21. The number of halogens is 1. The summed E-state index contributed by atoms with van der Waals surface area (Å²) in [5.74, 6) is 0.957. The molecule has 0 fully saturated rings. The van der Waals surface area contributed by atoms with Crippen molar-refractivity contribution in [1.82, 2.24) is 4.57 Å². The van der Waals surface area contributed by atoms with Crippen molar-refractivity contribution < 1.29 is 4.74 Å². The number of fused-ring (bicyclic) bond motifs is 1. The lowest BCUT2D eigenvalue weighted by atomic mass is 10.2. The zero-order valence-electron chi connectivity index (χ0n) is 12.8. The van der Waals surface area contributed by atoms with E-state index in [1.165, 1.54) is 16.5 Å². The molecule has 2 aromatic carbocycles. The van der Waals surface area contributed by atoms with E-state index in [1.54, 1.807) is 0 Å². The van der Waals surface area contributed by atoms with Crippen molar-refractivity contribution in [2.45, 2.75) is 26.3 Å². The molecular formula is C19H20BrNO. The maximum Gasteiger partial charge on any atom is 0.119 e. The van der Waals surface area contributed by atoms with E-state index < -0.39 is 0 Å². The molecule has 0 unspecified atom stereocenters. The fourth-order valence-corrected chi connectivity index (χ4v) is 2.99. The van der Waals surface area contributed by atoms with Gasteiger partial charge in [0.2, 0.25) is 0 Å². The molecule has 0 amide bonds. The quantitative estimate of drug-likeness (QED) is 0.536. The first-order valence-electron chi connectivity index (χ1n) is 7.72. The predicted molar refractivity (Wildman–Crippen MR) is 95.6 cm³/mol. The van der Waals surface area contributed by atoms with Gasteiger partial charge in [-0.15, -0.1) is 0 Å². The highest BCUT2D eigenvalue weighted by atomic mass is 79.9. The van der Waals surface area contributed by atoms with Crippen molar-refractivity contribution in [2.75, 3.05) is 6.61 Å². The number of nitrogens with zero attached hydrogens (tertiary/aromatic N) is 1. The SMILES string of the molecule is CCc1ccc(OCCCn2ccc3cc(Br)ccc32)cc1. The Bertz CT molecular complexity index is 746. The molecule has 0 saturated heterocycles. The lowest BCUT2D eigenvalue weighted by Gasteiger charge is -2.08. The fraction of sp³-hybridized carbons (Fsp3) is 0.263. The molecule has 0 N–H and O–H groups in total. The summed E-state index contributed by atoms with van der Waals surface area (Å²) in [7, 11) is 0. The van der Waals surface area contributed by atoms with Crippen LogP contribution in [-0.4, -0.2) is 11.2 Å². The molecule has 3 rings (SSSR count).